The van der Waals surface area contributed by atoms with Gasteiger partial charge in [0.2, 0.25) is 0 Å². The SMILES string of the molecule is Cc1cc(CN2CCOC[C@@H]2c2csc(C)n2)no1. The summed E-state index contributed by atoms with van der Waals surface area (Å²) in [6, 6.07) is 2.20. The summed E-state index contributed by atoms with van der Waals surface area (Å²) in [7, 11) is 0. The van der Waals surface area contributed by atoms with E-state index in [1.54, 1.807) is 11.3 Å². The zero-order chi connectivity index (χ0) is 13.2. The first-order valence-corrected chi connectivity index (χ1v) is 7.26. The predicted octanol–water partition coefficient (Wildman–Crippen LogP) is 2.32. The Bertz CT molecular complexity index is 552. The zero-order valence-electron chi connectivity index (χ0n) is 11.1. The molecule has 1 aliphatic heterocycles. The van der Waals surface area contributed by atoms with E-state index in [0.29, 0.717) is 6.61 Å². The molecule has 0 aromatic carbocycles. The van der Waals surface area contributed by atoms with Crippen LogP contribution in [0.3, 0.4) is 0 Å². The van der Waals surface area contributed by atoms with E-state index in [1.165, 1.54) is 0 Å². The minimum atomic E-state index is 0.218. The topological polar surface area (TPSA) is 51.4 Å². The fourth-order valence-corrected chi connectivity index (χ4v) is 2.99. The lowest BCUT2D eigenvalue weighted by molar-refractivity contribution is -0.0149. The maximum Gasteiger partial charge on any atom is 0.133 e. The molecule has 19 heavy (non-hydrogen) atoms. The monoisotopic (exact) mass is 279 g/mol. The third kappa shape index (κ3) is 2.86. The van der Waals surface area contributed by atoms with Gasteiger partial charge in [-0.15, -0.1) is 11.3 Å². The highest BCUT2D eigenvalue weighted by atomic mass is 32.1. The fourth-order valence-electron chi connectivity index (χ4n) is 2.33. The van der Waals surface area contributed by atoms with E-state index < -0.39 is 0 Å². The van der Waals surface area contributed by atoms with Crippen molar-refractivity contribution < 1.29 is 9.26 Å². The summed E-state index contributed by atoms with van der Waals surface area (Å²) in [5.74, 6) is 0.851. The first-order chi connectivity index (χ1) is 9.22. The van der Waals surface area contributed by atoms with E-state index in [0.717, 1.165) is 41.9 Å². The Morgan fingerprint density at radius 2 is 2.37 bits per heavy atom. The molecular weight excluding hydrogens is 262 g/mol. The summed E-state index contributed by atoms with van der Waals surface area (Å²) in [6.45, 7) is 7.08. The van der Waals surface area contributed by atoms with Crippen LogP contribution in [0.1, 0.15) is 28.2 Å². The van der Waals surface area contributed by atoms with Crippen molar-refractivity contribution in [1.29, 1.82) is 0 Å². The molecule has 0 radical (unpaired) electrons. The van der Waals surface area contributed by atoms with Gasteiger partial charge in [-0.05, 0) is 13.8 Å². The number of hydrogen-bond donors (Lipinski definition) is 0. The quantitative estimate of drug-likeness (QED) is 0.863. The fraction of sp³-hybridized carbons (Fsp3) is 0.538. The number of nitrogens with zero attached hydrogens (tertiary/aromatic N) is 3. The van der Waals surface area contributed by atoms with Gasteiger partial charge < -0.3 is 9.26 Å². The Balaban J connectivity index is 1.77. The van der Waals surface area contributed by atoms with Crippen molar-refractivity contribution in [2.75, 3.05) is 19.8 Å². The van der Waals surface area contributed by atoms with Crippen molar-refractivity contribution in [1.82, 2.24) is 15.0 Å². The second-order valence-corrected chi connectivity index (χ2v) is 5.84. The summed E-state index contributed by atoms with van der Waals surface area (Å²) in [5.41, 5.74) is 2.07. The van der Waals surface area contributed by atoms with Crippen LogP contribution in [-0.4, -0.2) is 34.8 Å². The Morgan fingerprint density at radius 3 is 3.05 bits per heavy atom. The van der Waals surface area contributed by atoms with Gasteiger partial charge in [0.25, 0.3) is 0 Å². The molecule has 0 amide bonds. The van der Waals surface area contributed by atoms with Gasteiger partial charge in [-0.2, -0.15) is 0 Å². The van der Waals surface area contributed by atoms with Crippen LogP contribution in [0.25, 0.3) is 0 Å². The minimum absolute atomic E-state index is 0.218. The number of ether oxygens (including phenoxy) is 1. The molecule has 6 heteroatoms. The molecule has 0 N–H and O–H groups in total. The molecule has 1 atom stereocenters. The van der Waals surface area contributed by atoms with Crippen LogP contribution in [0.2, 0.25) is 0 Å². The maximum atomic E-state index is 5.60. The average molecular weight is 279 g/mol. The van der Waals surface area contributed by atoms with Crippen molar-refractivity contribution in [2.24, 2.45) is 0 Å². The molecule has 1 fully saturated rings. The van der Waals surface area contributed by atoms with E-state index in [9.17, 15) is 0 Å². The van der Waals surface area contributed by atoms with Crippen LogP contribution in [-0.2, 0) is 11.3 Å². The average Bonchev–Trinajstić information content (AvgIpc) is 2.99. The lowest BCUT2D eigenvalue weighted by atomic mass is 10.1. The molecule has 2 aromatic heterocycles. The predicted molar refractivity (Wildman–Crippen MR) is 72.1 cm³/mol. The van der Waals surface area contributed by atoms with Crippen molar-refractivity contribution in [2.45, 2.75) is 26.4 Å². The molecule has 3 rings (SSSR count). The Hall–Kier alpha value is -1.24. The van der Waals surface area contributed by atoms with E-state index in [-0.39, 0.29) is 6.04 Å². The standard InChI is InChI=1S/C13H17N3O2S/c1-9-5-11(15-18-9)6-16-3-4-17-7-13(16)12-8-19-10(2)14-12/h5,8,13H,3-4,6-7H2,1-2H3/t13-/m1/s1. The minimum Gasteiger partial charge on any atom is -0.378 e. The number of aromatic nitrogens is 2. The largest absolute Gasteiger partial charge is 0.378 e. The summed E-state index contributed by atoms with van der Waals surface area (Å²) in [5, 5.41) is 7.28. The van der Waals surface area contributed by atoms with Gasteiger partial charge in [0.15, 0.2) is 0 Å². The lowest BCUT2D eigenvalue weighted by Crippen LogP contribution is -2.39. The number of hydrogen-bond acceptors (Lipinski definition) is 6. The Kier molecular flexibility index (Phi) is 3.63. The lowest BCUT2D eigenvalue weighted by Gasteiger charge is -2.33. The van der Waals surface area contributed by atoms with E-state index in [4.69, 9.17) is 9.26 Å². The van der Waals surface area contributed by atoms with Gasteiger partial charge in [0, 0.05) is 24.5 Å². The highest BCUT2D eigenvalue weighted by molar-refractivity contribution is 7.09. The summed E-state index contributed by atoms with van der Waals surface area (Å²) >= 11 is 1.68. The van der Waals surface area contributed by atoms with Gasteiger partial charge in [-0.3, -0.25) is 4.90 Å². The first kappa shape index (κ1) is 12.8. The van der Waals surface area contributed by atoms with E-state index in [1.807, 2.05) is 19.9 Å². The first-order valence-electron chi connectivity index (χ1n) is 6.38. The maximum absolute atomic E-state index is 5.60. The smallest absolute Gasteiger partial charge is 0.133 e. The number of thiazole rings is 1. The molecule has 0 spiro atoms. The number of aryl methyl sites for hydroxylation is 2. The van der Waals surface area contributed by atoms with E-state index in [2.05, 4.69) is 20.4 Å². The molecule has 2 aromatic rings. The van der Waals surface area contributed by atoms with E-state index >= 15 is 0 Å². The summed E-state index contributed by atoms with van der Waals surface area (Å²) in [4.78, 5) is 6.94. The van der Waals surface area contributed by atoms with Gasteiger partial charge in [-0.25, -0.2) is 4.98 Å². The molecule has 1 saturated heterocycles. The molecular formula is C13H17N3O2S. The van der Waals surface area contributed by atoms with Crippen LogP contribution in [0.4, 0.5) is 0 Å². The van der Waals surface area contributed by atoms with Crippen LogP contribution in [0.5, 0.6) is 0 Å². The summed E-state index contributed by atoms with van der Waals surface area (Å²) in [6.07, 6.45) is 0. The number of rotatable bonds is 3. The Labute approximate surface area is 116 Å². The van der Waals surface area contributed by atoms with Gasteiger partial charge in [0.05, 0.1) is 35.7 Å². The van der Waals surface area contributed by atoms with Crippen molar-refractivity contribution in [3.05, 3.63) is 33.6 Å². The third-order valence-corrected chi connectivity index (χ3v) is 4.05. The molecule has 0 aliphatic carbocycles. The number of morpholine rings is 1. The molecule has 0 bridgehead atoms. The van der Waals surface area contributed by atoms with Crippen LogP contribution in [0.15, 0.2) is 16.0 Å². The Morgan fingerprint density at radius 1 is 1.47 bits per heavy atom. The molecule has 0 unspecified atom stereocenters. The molecule has 102 valence electrons. The van der Waals surface area contributed by atoms with Crippen molar-refractivity contribution in [3.63, 3.8) is 0 Å². The highest BCUT2D eigenvalue weighted by Gasteiger charge is 2.27. The molecule has 1 aliphatic rings. The second kappa shape index (κ2) is 5.40. The molecule has 5 nitrogen and oxygen atoms in total. The van der Waals surface area contributed by atoms with Crippen molar-refractivity contribution >= 4 is 11.3 Å². The molecule has 0 saturated carbocycles. The second-order valence-electron chi connectivity index (χ2n) is 4.78. The normalized spacial score (nSPS) is 20.8. The van der Waals surface area contributed by atoms with Crippen molar-refractivity contribution in [3.8, 4) is 0 Å². The van der Waals surface area contributed by atoms with Gasteiger partial charge >= 0.3 is 0 Å². The van der Waals surface area contributed by atoms with Gasteiger partial charge in [-0.1, -0.05) is 5.16 Å². The van der Waals surface area contributed by atoms with Crippen LogP contribution >= 0.6 is 11.3 Å². The van der Waals surface area contributed by atoms with Gasteiger partial charge in [0.1, 0.15) is 5.76 Å². The molecule has 3 heterocycles. The third-order valence-electron chi connectivity index (χ3n) is 3.26. The summed E-state index contributed by atoms with van der Waals surface area (Å²) < 4.78 is 10.7. The highest BCUT2D eigenvalue weighted by Crippen LogP contribution is 2.26. The zero-order valence-corrected chi connectivity index (χ0v) is 11.9. The van der Waals surface area contributed by atoms with Crippen LogP contribution < -0.4 is 0 Å². The van der Waals surface area contributed by atoms with Crippen LogP contribution in [0, 0.1) is 13.8 Å².